The summed E-state index contributed by atoms with van der Waals surface area (Å²) in [6.45, 7) is 0. The van der Waals surface area contributed by atoms with Crippen molar-refractivity contribution in [3.05, 3.63) is 182 Å². The molecule has 0 amide bonds. The van der Waals surface area contributed by atoms with Crippen molar-refractivity contribution in [2.24, 2.45) is 0 Å². The van der Waals surface area contributed by atoms with Crippen LogP contribution in [0.15, 0.2) is 186 Å². The molecule has 10 rings (SSSR count). The molecular formula is C48H30O. The lowest BCUT2D eigenvalue weighted by Gasteiger charge is -2.18. The quantitative estimate of drug-likeness (QED) is 0.178. The highest BCUT2D eigenvalue weighted by Crippen LogP contribution is 2.46. The van der Waals surface area contributed by atoms with E-state index in [0.717, 1.165) is 33.1 Å². The maximum absolute atomic E-state index is 6.71. The van der Waals surface area contributed by atoms with Gasteiger partial charge in [-0.1, -0.05) is 152 Å². The van der Waals surface area contributed by atoms with Crippen LogP contribution < -0.4 is 0 Å². The van der Waals surface area contributed by atoms with E-state index in [1.807, 2.05) is 0 Å². The fourth-order valence-corrected chi connectivity index (χ4v) is 7.76. The van der Waals surface area contributed by atoms with E-state index in [1.165, 1.54) is 65.7 Å². The summed E-state index contributed by atoms with van der Waals surface area (Å²) in [5.74, 6) is 0. The van der Waals surface area contributed by atoms with Crippen molar-refractivity contribution in [2.75, 3.05) is 0 Å². The van der Waals surface area contributed by atoms with E-state index >= 15 is 0 Å². The molecule has 1 nitrogen and oxygen atoms in total. The minimum atomic E-state index is 0.891. The fraction of sp³-hybridized carbons (Fsp3) is 0. The van der Waals surface area contributed by atoms with Gasteiger partial charge in [-0.2, -0.15) is 0 Å². The van der Waals surface area contributed by atoms with Crippen molar-refractivity contribution < 1.29 is 4.42 Å². The summed E-state index contributed by atoms with van der Waals surface area (Å²) in [5.41, 5.74) is 11.3. The standard InChI is InChI=1S/C48H30O/c1-3-13-31(14-4-1)37-29-42(33-16-5-2-6-17-33)48-44(30-37)43-28-36(25-26-45(43)49-48)47-40-21-11-9-19-38(40)46(39-20-10-12-22-41(39)47)35-24-23-32-15-7-8-18-34(32)27-35/h1-30H. The van der Waals surface area contributed by atoms with Crippen molar-refractivity contribution >= 4 is 54.3 Å². The molecule has 0 aliphatic heterocycles. The van der Waals surface area contributed by atoms with Crippen LogP contribution in [0.1, 0.15) is 0 Å². The molecule has 0 aliphatic rings. The highest BCUT2D eigenvalue weighted by atomic mass is 16.3. The minimum Gasteiger partial charge on any atom is -0.455 e. The van der Waals surface area contributed by atoms with Crippen LogP contribution in [0.5, 0.6) is 0 Å². The first-order valence-corrected chi connectivity index (χ1v) is 16.8. The Balaban J connectivity index is 1.26. The molecule has 0 bridgehead atoms. The number of furan rings is 1. The molecule has 0 saturated carbocycles. The van der Waals surface area contributed by atoms with Crippen LogP contribution in [0.4, 0.5) is 0 Å². The lowest BCUT2D eigenvalue weighted by atomic mass is 9.85. The van der Waals surface area contributed by atoms with Gasteiger partial charge >= 0.3 is 0 Å². The number of benzene rings is 9. The summed E-state index contributed by atoms with van der Waals surface area (Å²) >= 11 is 0. The largest absolute Gasteiger partial charge is 0.455 e. The molecule has 49 heavy (non-hydrogen) atoms. The highest BCUT2D eigenvalue weighted by molar-refractivity contribution is 6.22. The molecule has 0 N–H and O–H groups in total. The van der Waals surface area contributed by atoms with Gasteiger partial charge in [0.1, 0.15) is 11.2 Å². The molecule has 0 aliphatic carbocycles. The van der Waals surface area contributed by atoms with E-state index < -0.39 is 0 Å². The zero-order valence-corrected chi connectivity index (χ0v) is 26.7. The van der Waals surface area contributed by atoms with Crippen LogP contribution in [0, 0.1) is 0 Å². The molecule has 0 fully saturated rings. The summed E-state index contributed by atoms with van der Waals surface area (Å²) in [7, 11) is 0. The Morgan fingerprint density at radius 2 is 0.796 bits per heavy atom. The molecule has 0 unspecified atom stereocenters. The molecule has 228 valence electrons. The SMILES string of the molecule is c1ccc(-c2cc(-c3ccccc3)c3oc4ccc(-c5c6ccccc6c(-c6ccc7ccccc7c6)c6ccccc56)cc4c3c2)cc1. The van der Waals surface area contributed by atoms with Gasteiger partial charge in [-0.15, -0.1) is 0 Å². The number of rotatable bonds is 4. The van der Waals surface area contributed by atoms with Crippen molar-refractivity contribution in [1.82, 2.24) is 0 Å². The second-order valence-electron chi connectivity index (χ2n) is 12.8. The van der Waals surface area contributed by atoms with Gasteiger partial charge in [0.05, 0.1) is 0 Å². The maximum Gasteiger partial charge on any atom is 0.143 e. The zero-order chi connectivity index (χ0) is 32.3. The average Bonchev–Trinajstić information content (AvgIpc) is 3.55. The van der Waals surface area contributed by atoms with Crippen molar-refractivity contribution in [3.63, 3.8) is 0 Å². The van der Waals surface area contributed by atoms with Crippen molar-refractivity contribution in [3.8, 4) is 44.5 Å². The van der Waals surface area contributed by atoms with E-state index in [9.17, 15) is 0 Å². The summed E-state index contributed by atoms with van der Waals surface area (Å²) in [6.07, 6.45) is 0. The molecule has 0 radical (unpaired) electrons. The lowest BCUT2D eigenvalue weighted by molar-refractivity contribution is 0.670. The third kappa shape index (κ3) is 4.47. The molecule has 1 heterocycles. The number of hydrogen-bond acceptors (Lipinski definition) is 1. The summed E-state index contributed by atoms with van der Waals surface area (Å²) in [4.78, 5) is 0. The summed E-state index contributed by atoms with van der Waals surface area (Å²) < 4.78 is 6.71. The van der Waals surface area contributed by atoms with Gasteiger partial charge in [-0.25, -0.2) is 0 Å². The highest BCUT2D eigenvalue weighted by Gasteiger charge is 2.20. The van der Waals surface area contributed by atoms with Gasteiger partial charge in [0.2, 0.25) is 0 Å². The Morgan fingerprint density at radius 1 is 0.286 bits per heavy atom. The van der Waals surface area contributed by atoms with Crippen LogP contribution >= 0.6 is 0 Å². The van der Waals surface area contributed by atoms with Crippen LogP contribution in [0.3, 0.4) is 0 Å². The third-order valence-electron chi connectivity index (χ3n) is 10.0. The second-order valence-corrected chi connectivity index (χ2v) is 12.8. The number of fused-ring (bicyclic) bond motifs is 6. The first-order valence-electron chi connectivity index (χ1n) is 16.8. The van der Waals surface area contributed by atoms with E-state index in [2.05, 4.69) is 182 Å². The molecule has 0 spiro atoms. The topological polar surface area (TPSA) is 13.1 Å². The second kappa shape index (κ2) is 11.1. The van der Waals surface area contributed by atoms with Crippen molar-refractivity contribution in [1.29, 1.82) is 0 Å². The molecule has 9 aromatic carbocycles. The maximum atomic E-state index is 6.71. The Bertz CT molecular complexity index is 2800. The van der Waals surface area contributed by atoms with Gasteiger partial charge in [0.15, 0.2) is 0 Å². The molecule has 0 atom stereocenters. The Hall–Kier alpha value is -6.44. The first-order chi connectivity index (χ1) is 24.3. The Morgan fingerprint density at radius 3 is 1.45 bits per heavy atom. The smallest absolute Gasteiger partial charge is 0.143 e. The Labute approximate surface area is 284 Å². The van der Waals surface area contributed by atoms with Crippen molar-refractivity contribution in [2.45, 2.75) is 0 Å². The van der Waals surface area contributed by atoms with E-state index in [4.69, 9.17) is 4.42 Å². The molecule has 1 aromatic heterocycles. The average molecular weight is 623 g/mol. The monoisotopic (exact) mass is 622 g/mol. The predicted octanol–water partition coefficient (Wildman–Crippen LogP) is 13.7. The molecular weight excluding hydrogens is 593 g/mol. The van der Waals surface area contributed by atoms with E-state index in [-0.39, 0.29) is 0 Å². The molecule has 10 aromatic rings. The van der Waals surface area contributed by atoms with Gasteiger partial charge in [-0.05, 0) is 102 Å². The zero-order valence-electron chi connectivity index (χ0n) is 26.7. The fourth-order valence-electron chi connectivity index (χ4n) is 7.76. The summed E-state index contributed by atoms with van der Waals surface area (Å²) in [6, 6.07) is 65.7. The van der Waals surface area contributed by atoms with E-state index in [0.29, 0.717) is 0 Å². The summed E-state index contributed by atoms with van der Waals surface area (Å²) in [5, 5.41) is 9.73. The van der Waals surface area contributed by atoms with Gasteiger partial charge in [-0.3, -0.25) is 0 Å². The first kappa shape index (κ1) is 27.7. The van der Waals surface area contributed by atoms with Gasteiger partial charge in [0.25, 0.3) is 0 Å². The number of hydrogen-bond donors (Lipinski definition) is 0. The third-order valence-corrected chi connectivity index (χ3v) is 10.0. The Kier molecular flexibility index (Phi) is 6.25. The van der Waals surface area contributed by atoms with Crippen LogP contribution in [0.2, 0.25) is 0 Å². The lowest BCUT2D eigenvalue weighted by Crippen LogP contribution is -1.91. The molecule has 0 saturated heterocycles. The van der Waals surface area contributed by atoms with Crippen LogP contribution in [-0.2, 0) is 0 Å². The predicted molar refractivity (Wildman–Crippen MR) is 208 cm³/mol. The van der Waals surface area contributed by atoms with Crippen LogP contribution in [-0.4, -0.2) is 0 Å². The normalized spacial score (nSPS) is 11.7. The molecule has 1 heteroatoms. The van der Waals surface area contributed by atoms with Gasteiger partial charge < -0.3 is 4.42 Å². The van der Waals surface area contributed by atoms with Gasteiger partial charge in [0, 0.05) is 16.3 Å². The van der Waals surface area contributed by atoms with E-state index in [1.54, 1.807) is 0 Å². The minimum absolute atomic E-state index is 0.891. The van der Waals surface area contributed by atoms with Crippen LogP contribution in [0.25, 0.3) is 98.8 Å².